The molecule has 49 heavy (non-hydrogen) atoms. The van der Waals surface area contributed by atoms with E-state index in [-0.39, 0.29) is 23.3 Å². The highest BCUT2D eigenvalue weighted by Gasteiger charge is 2.58. The normalized spacial score (nSPS) is 23.9. The number of ether oxygens (including phenoxy) is 1. The summed E-state index contributed by atoms with van der Waals surface area (Å²) in [6.45, 7) is 6.03. The lowest BCUT2D eigenvalue weighted by atomic mass is 9.61. The Morgan fingerprint density at radius 3 is 2.57 bits per heavy atom. The number of fused-ring (bicyclic) bond motifs is 1. The molecule has 0 radical (unpaired) electrons. The molecule has 1 saturated carbocycles. The smallest absolute Gasteiger partial charge is 0.418 e. The first kappa shape index (κ1) is 34.5. The van der Waals surface area contributed by atoms with Crippen LogP contribution in [-0.2, 0) is 40.3 Å². The van der Waals surface area contributed by atoms with Crippen LogP contribution in [-0.4, -0.2) is 99.9 Å². The van der Waals surface area contributed by atoms with Crippen molar-refractivity contribution < 1.29 is 46.3 Å². The van der Waals surface area contributed by atoms with Crippen molar-refractivity contribution in [1.82, 2.24) is 26.0 Å². The van der Waals surface area contributed by atoms with Gasteiger partial charge in [-0.1, -0.05) is 5.16 Å². The van der Waals surface area contributed by atoms with E-state index in [1.54, 1.807) is 12.1 Å². The molecule has 2 saturated heterocycles. The molecule has 1 aromatic heterocycles. The molecule has 2 amide bonds. The fourth-order valence-corrected chi connectivity index (χ4v) is 7.47. The molecule has 6 rings (SSSR count). The Labute approximate surface area is 284 Å². The van der Waals surface area contributed by atoms with Gasteiger partial charge in [0.1, 0.15) is 23.3 Å². The number of nitrogens with zero attached hydrogens (tertiary/aromatic N) is 3. The van der Waals surface area contributed by atoms with Crippen LogP contribution in [0.1, 0.15) is 56.9 Å². The van der Waals surface area contributed by atoms with Gasteiger partial charge in [0.05, 0.1) is 5.54 Å². The van der Waals surface area contributed by atoms with Crippen molar-refractivity contribution in [2.24, 2.45) is 10.6 Å². The van der Waals surface area contributed by atoms with E-state index in [0.717, 1.165) is 42.8 Å². The number of benzene rings is 1. The number of nitrogens with one attached hydrogen (secondary N) is 4. The van der Waals surface area contributed by atoms with E-state index in [4.69, 9.17) is 25.3 Å². The highest BCUT2D eigenvalue weighted by molar-refractivity contribution is 7.80. The molecular formula is C29H36N8O10S2. The van der Waals surface area contributed by atoms with E-state index in [0.29, 0.717) is 34.0 Å². The van der Waals surface area contributed by atoms with Crippen molar-refractivity contribution in [3.8, 4) is 5.75 Å². The number of nitrogen functional groups attached to an aromatic ring is 1. The molecule has 1 aromatic carbocycles. The Morgan fingerprint density at radius 1 is 1.29 bits per heavy atom. The molecule has 3 atom stereocenters. The van der Waals surface area contributed by atoms with Crippen LogP contribution in [0.2, 0.25) is 0 Å². The van der Waals surface area contributed by atoms with Gasteiger partial charge in [0.2, 0.25) is 0 Å². The summed E-state index contributed by atoms with van der Waals surface area (Å²) in [5.74, 6) is -2.71. The fourth-order valence-electron chi connectivity index (χ4n) is 6.47. The molecule has 1 aliphatic carbocycles. The Bertz CT molecular complexity index is 1850. The molecule has 4 heterocycles. The Balaban J connectivity index is 1.16. The summed E-state index contributed by atoms with van der Waals surface area (Å²) in [4.78, 5) is 48.3. The lowest BCUT2D eigenvalue weighted by Gasteiger charge is -2.54. The first-order chi connectivity index (χ1) is 22.9. The van der Waals surface area contributed by atoms with Gasteiger partial charge in [0.25, 0.3) is 17.4 Å². The van der Waals surface area contributed by atoms with E-state index >= 15 is 0 Å². The summed E-state index contributed by atoms with van der Waals surface area (Å²) in [5, 5.41) is 33.6. The van der Waals surface area contributed by atoms with Crippen molar-refractivity contribution in [2.75, 3.05) is 18.8 Å². The van der Waals surface area contributed by atoms with Crippen LogP contribution in [0.4, 0.5) is 5.13 Å². The Hall–Kier alpha value is -4.37. The number of carbonyl (C=O) groups is 3. The number of aliphatic carboxylic acids is 1. The van der Waals surface area contributed by atoms with Gasteiger partial charge in [-0.3, -0.25) is 19.6 Å². The van der Waals surface area contributed by atoms with E-state index in [9.17, 15) is 27.9 Å². The summed E-state index contributed by atoms with van der Waals surface area (Å²) < 4.78 is 41.8. The van der Waals surface area contributed by atoms with Gasteiger partial charge >= 0.3 is 16.4 Å². The van der Waals surface area contributed by atoms with Crippen LogP contribution in [0.5, 0.6) is 5.75 Å². The van der Waals surface area contributed by atoms with E-state index in [2.05, 4.69) is 30.4 Å². The molecule has 3 fully saturated rings. The van der Waals surface area contributed by atoms with Gasteiger partial charge in [-0.15, -0.1) is 15.6 Å². The highest BCUT2D eigenvalue weighted by atomic mass is 32.3. The van der Waals surface area contributed by atoms with Gasteiger partial charge < -0.3 is 36.4 Å². The largest absolute Gasteiger partial charge is 0.485 e. The van der Waals surface area contributed by atoms with Crippen molar-refractivity contribution in [2.45, 2.75) is 75.8 Å². The maximum Gasteiger partial charge on any atom is 0.418 e. The summed E-state index contributed by atoms with van der Waals surface area (Å²) in [5.41, 5.74) is 3.47. The zero-order valence-corrected chi connectivity index (χ0v) is 28.3. The number of thiazole rings is 1. The molecule has 2 aromatic rings. The second-order valence-corrected chi connectivity index (χ2v) is 15.3. The third-order valence-electron chi connectivity index (χ3n) is 9.47. The summed E-state index contributed by atoms with van der Waals surface area (Å²) >= 11 is 0.967. The van der Waals surface area contributed by atoms with Gasteiger partial charge in [-0.2, -0.15) is 13.5 Å². The number of hydroxylamine groups is 2. The lowest BCUT2D eigenvalue weighted by Crippen LogP contribution is -2.76. The van der Waals surface area contributed by atoms with Crippen LogP contribution < -0.4 is 26.4 Å². The second kappa shape index (κ2) is 12.2. The van der Waals surface area contributed by atoms with Crippen molar-refractivity contribution >= 4 is 56.2 Å². The number of hydrogen-bond acceptors (Lipinski definition) is 14. The maximum absolute atomic E-state index is 13.5. The molecule has 18 nitrogen and oxygen atoms in total. The van der Waals surface area contributed by atoms with Crippen LogP contribution >= 0.6 is 11.3 Å². The maximum atomic E-state index is 13.5. The molecule has 8 N–H and O–H groups in total. The third-order valence-corrected chi connectivity index (χ3v) is 10.5. The number of carboxylic acid groups (broad SMARTS) is 1. The van der Waals surface area contributed by atoms with Gasteiger partial charge in [0.15, 0.2) is 16.9 Å². The topological polar surface area (TPSA) is 268 Å². The van der Waals surface area contributed by atoms with Crippen LogP contribution in [0, 0.1) is 10.8 Å². The molecule has 4 aliphatic rings. The van der Waals surface area contributed by atoms with Crippen molar-refractivity contribution in [3.63, 3.8) is 0 Å². The molecule has 1 unspecified atom stereocenters. The number of hydrogen-bond donors (Lipinski definition) is 7. The van der Waals surface area contributed by atoms with E-state index in [1.165, 1.54) is 26.2 Å². The van der Waals surface area contributed by atoms with Gasteiger partial charge in [-0.25, -0.2) is 9.78 Å². The average Bonchev–Trinajstić information content (AvgIpc) is 3.43. The first-order valence-electron chi connectivity index (χ1n) is 15.3. The zero-order chi connectivity index (χ0) is 35.5. The van der Waals surface area contributed by atoms with Gasteiger partial charge in [0, 0.05) is 30.1 Å². The van der Waals surface area contributed by atoms with Crippen molar-refractivity contribution in [3.05, 3.63) is 40.4 Å². The Morgan fingerprint density at radius 2 is 2.00 bits per heavy atom. The number of nitrogens with two attached hydrogens (primary N) is 1. The lowest BCUT2D eigenvalue weighted by molar-refractivity contribution is -0.218. The predicted octanol–water partition coefficient (Wildman–Crippen LogP) is 0.190. The summed E-state index contributed by atoms with van der Waals surface area (Å²) in [7, 11) is -5.03. The molecule has 1 spiro atoms. The fraction of sp³-hybridized carbons (Fsp3) is 0.517. The highest BCUT2D eigenvalue weighted by Crippen LogP contribution is 2.44. The molecule has 264 valence electrons. The molecule has 3 aliphatic heterocycles. The number of amides is 2. The van der Waals surface area contributed by atoms with Crippen molar-refractivity contribution in [1.29, 1.82) is 5.41 Å². The number of carboxylic acids is 1. The standard InChI is InChI=1S/C29H36N8O10S2/c1-27(2)21(24(39)37(27)47-49(42,43)44)35-23(38)20(17-11-48-26(31)34-17)36-46-28(3,25(40)41)19-7-5-14-8-15(4-6-18(14)45-19)22(30)33-16-9-29(10-16)12-32-13-29/h4,6,8,11,16,19,21,32H,5,7,9-10,12-13H2,1-3H3,(H2,30,33)(H2,31,34)(H,35,38)(H,40,41)(H,42,43,44)/b36-20-/t19-,21-,28?/m1/s1. The van der Waals surface area contributed by atoms with Gasteiger partial charge in [-0.05, 0) is 75.6 Å². The minimum absolute atomic E-state index is 0.0615. The average molecular weight is 721 g/mol. The minimum atomic E-state index is -5.03. The zero-order valence-electron chi connectivity index (χ0n) is 26.7. The Kier molecular flexibility index (Phi) is 8.58. The SMILES string of the molecule is CC(O/N=C(\C(=O)N[C@@H]1C(=O)N(OS(=O)(=O)O)C1(C)C)c1csc(N)n1)(C(=O)O)[C@H]1CCc2cc(C(=N)NC3CC4(CNC4)C3)ccc2O1. The first-order valence-corrected chi connectivity index (χ1v) is 17.5. The predicted molar refractivity (Wildman–Crippen MR) is 173 cm³/mol. The number of rotatable bonds is 11. The number of anilines is 1. The summed E-state index contributed by atoms with van der Waals surface area (Å²) in [6, 6.07) is 4.17. The number of aromatic nitrogens is 1. The number of β-lactam (4-membered cyclic amide) rings is 1. The molecule has 0 bridgehead atoms. The van der Waals surface area contributed by atoms with E-state index < -0.39 is 57.2 Å². The number of aryl methyl sites for hydroxylation is 1. The molecular weight excluding hydrogens is 684 g/mol. The number of amidine groups is 1. The number of carbonyl (C=O) groups excluding carboxylic acids is 2. The second-order valence-electron chi connectivity index (χ2n) is 13.4. The monoisotopic (exact) mass is 720 g/mol. The van der Waals surface area contributed by atoms with Crippen LogP contribution in [0.3, 0.4) is 0 Å². The quantitative estimate of drug-likeness (QED) is 0.0537. The van der Waals surface area contributed by atoms with E-state index in [1.807, 2.05) is 6.07 Å². The third kappa shape index (κ3) is 6.53. The number of oxime groups is 1. The van der Waals surface area contributed by atoms with Crippen LogP contribution in [0.25, 0.3) is 0 Å². The minimum Gasteiger partial charge on any atom is -0.485 e. The molecule has 20 heteroatoms. The van der Waals surface area contributed by atoms with Crippen LogP contribution in [0.15, 0.2) is 28.7 Å². The summed E-state index contributed by atoms with van der Waals surface area (Å²) in [6.07, 6.45) is 1.60.